The number of nitriles is 1. The quantitative estimate of drug-likeness (QED) is 0.809. The van der Waals surface area contributed by atoms with Crippen molar-refractivity contribution in [2.75, 3.05) is 27.2 Å². The Labute approximate surface area is 144 Å². The maximum atomic E-state index is 12.2. The molecule has 0 radical (unpaired) electrons. The third-order valence-corrected chi connectivity index (χ3v) is 6.59. The smallest absolute Gasteiger partial charge is 0.279 e. The summed E-state index contributed by atoms with van der Waals surface area (Å²) in [6, 6.07) is 4.05. The van der Waals surface area contributed by atoms with Crippen molar-refractivity contribution in [2.45, 2.75) is 25.4 Å². The van der Waals surface area contributed by atoms with E-state index < -0.39 is 10.2 Å². The molecule has 7 nitrogen and oxygen atoms in total. The minimum absolute atomic E-state index is 0.0379. The molecule has 1 aromatic heterocycles. The molecule has 1 saturated heterocycles. The summed E-state index contributed by atoms with van der Waals surface area (Å²) < 4.78 is 30.3. The molecule has 0 unspecified atom stereocenters. The van der Waals surface area contributed by atoms with Gasteiger partial charge in [-0.2, -0.15) is 22.7 Å². The summed E-state index contributed by atoms with van der Waals surface area (Å²) in [5, 5.41) is 9.07. The fraction of sp³-hybridized carbons (Fsp3) is 0.688. The van der Waals surface area contributed by atoms with E-state index in [4.69, 9.17) is 5.26 Å². The zero-order valence-corrected chi connectivity index (χ0v) is 15.3. The summed E-state index contributed by atoms with van der Waals surface area (Å²) in [5.74, 6) is 1.01. The first-order valence-electron chi connectivity index (χ1n) is 8.27. The Hall–Kier alpha value is -1.40. The van der Waals surface area contributed by atoms with Gasteiger partial charge in [0.25, 0.3) is 10.2 Å². The fourth-order valence-corrected chi connectivity index (χ4v) is 4.40. The molecular formula is C16H25N5O2S. The van der Waals surface area contributed by atoms with E-state index in [0.29, 0.717) is 24.1 Å². The average Bonchev–Trinajstić information content (AvgIpc) is 3.18. The minimum Gasteiger partial charge on any atom is -0.342 e. The van der Waals surface area contributed by atoms with Gasteiger partial charge in [-0.1, -0.05) is 0 Å². The Kier molecular flexibility index (Phi) is 4.71. The first-order chi connectivity index (χ1) is 11.3. The monoisotopic (exact) mass is 351 g/mol. The van der Waals surface area contributed by atoms with E-state index in [1.165, 1.54) is 17.1 Å². The molecule has 3 rings (SSSR count). The van der Waals surface area contributed by atoms with Gasteiger partial charge in [0.2, 0.25) is 0 Å². The van der Waals surface area contributed by atoms with Crippen LogP contribution in [0.4, 0.5) is 0 Å². The van der Waals surface area contributed by atoms with Gasteiger partial charge >= 0.3 is 0 Å². The van der Waals surface area contributed by atoms with Crippen molar-refractivity contribution in [2.24, 2.45) is 18.9 Å². The number of nitrogens with one attached hydrogen (secondary N) is 1. The molecule has 1 aliphatic carbocycles. The maximum absolute atomic E-state index is 12.2. The molecule has 0 aromatic carbocycles. The number of hydrogen-bond donors (Lipinski definition) is 1. The van der Waals surface area contributed by atoms with E-state index in [-0.39, 0.29) is 6.04 Å². The molecule has 8 heteroatoms. The fourth-order valence-electron chi connectivity index (χ4n) is 3.55. The second kappa shape index (κ2) is 6.48. The molecule has 1 saturated carbocycles. The molecule has 2 aliphatic rings. The van der Waals surface area contributed by atoms with Crippen LogP contribution < -0.4 is 4.72 Å². The number of hydrogen-bond acceptors (Lipinski definition) is 4. The summed E-state index contributed by atoms with van der Waals surface area (Å²) in [6.45, 7) is 2.37. The van der Waals surface area contributed by atoms with Crippen molar-refractivity contribution in [3.05, 3.63) is 23.5 Å². The van der Waals surface area contributed by atoms with Gasteiger partial charge in [0.1, 0.15) is 11.8 Å². The lowest BCUT2D eigenvalue weighted by molar-refractivity contribution is 0.309. The van der Waals surface area contributed by atoms with Crippen LogP contribution in [0.15, 0.2) is 12.3 Å². The highest BCUT2D eigenvalue weighted by molar-refractivity contribution is 7.87. The predicted molar refractivity (Wildman–Crippen MR) is 91.1 cm³/mol. The summed E-state index contributed by atoms with van der Waals surface area (Å²) in [5.41, 5.74) is 1.74. The van der Waals surface area contributed by atoms with Crippen LogP contribution in [0.1, 0.15) is 24.1 Å². The van der Waals surface area contributed by atoms with E-state index >= 15 is 0 Å². The van der Waals surface area contributed by atoms with Gasteiger partial charge in [0.05, 0.1) is 0 Å². The molecule has 1 aliphatic heterocycles. The second-order valence-corrected chi connectivity index (χ2v) is 9.08. The Morgan fingerprint density at radius 1 is 1.38 bits per heavy atom. The number of likely N-dealkylation sites (tertiary alicyclic amines) is 1. The lowest BCUT2D eigenvalue weighted by atomic mass is 9.99. The molecule has 132 valence electrons. The van der Waals surface area contributed by atoms with E-state index in [1.807, 2.05) is 23.9 Å². The van der Waals surface area contributed by atoms with Crippen LogP contribution in [0, 0.1) is 23.2 Å². The van der Waals surface area contributed by atoms with Gasteiger partial charge in [-0.3, -0.25) is 4.90 Å². The molecule has 0 amide bonds. The standard InChI is InChI=1S/C16H25N5O2S/c1-19(2)24(22,23)18-16-11-21(10-15(16)13-4-5-13)9-12-6-14(7-17)20(3)8-12/h6,8,13,15-16,18H,4-5,9-11H2,1-3H3/t15-,16+/m1/s1. The van der Waals surface area contributed by atoms with Crippen molar-refractivity contribution in [3.8, 4) is 6.07 Å². The Bertz CT molecular complexity index is 745. The molecule has 0 bridgehead atoms. The van der Waals surface area contributed by atoms with Gasteiger partial charge in [-0.05, 0) is 36.3 Å². The molecule has 1 aromatic rings. The maximum Gasteiger partial charge on any atom is 0.279 e. The Morgan fingerprint density at radius 2 is 2.08 bits per heavy atom. The van der Waals surface area contributed by atoms with Gasteiger partial charge in [0, 0.05) is 53.0 Å². The molecule has 1 N–H and O–H groups in total. The Morgan fingerprint density at radius 3 is 2.62 bits per heavy atom. The van der Waals surface area contributed by atoms with Gasteiger partial charge in [-0.25, -0.2) is 0 Å². The van der Waals surface area contributed by atoms with Crippen molar-refractivity contribution < 1.29 is 8.42 Å². The van der Waals surface area contributed by atoms with Crippen LogP contribution in [-0.2, 0) is 23.8 Å². The van der Waals surface area contributed by atoms with Gasteiger partial charge in [-0.15, -0.1) is 0 Å². The van der Waals surface area contributed by atoms with Crippen LogP contribution in [-0.4, -0.2) is 55.4 Å². The molecule has 2 fully saturated rings. The van der Waals surface area contributed by atoms with Crippen LogP contribution in [0.2, 0.25) is 0 Å². The molecule has 24 heavy (non-hydrogen) atoms. The van der Waals surface area contributed by atoms with E-state index in [1.54, 1.807) is 14.1 Å². The third kappa shape index (κ3) is 3.64. The van der Waals surface area contributed by atoms with Crippen LogP contribution in [0.5, 0.6) is 0 Å². The topological polar surface area (TPSA) is 81.4 Å². The lowest BCUT2D eigenvalue weighted by Crippen LogP contribution is -2.46. The zero-order valence-electron chi connectivity index (χ0n) is 14.4. The van der Waals surface area contributed by atoms with Crippen molar-refractivity contribution in [3.63, 3.8) is 0 Å². The third-order valence-electron chi connectivity index (χ3n) is 5.03. The van der Waals surface area contributed by atoms with Crippen LogP contribution in [0.25, 0.3) is 0 Å². The van der Waals surface area contributed by atoms with E-state index in [9.17, 15) is 8.42 Å². The molecule has 0 spiro atoms. The van der Waals surface area contributed by atoms with Gasteiger partial charge in [0.15, 0.2) is 0 Å². The summed E-state index contributed by atoms with van der Waals surface area (Å²) in [4.78, 5) is 2.29. The van der Waals surface area contributed by atoms with Crippen molar-refractivity contribution >= 4 is 10.2 Å². The summed E-state index contributed by atoms with van der Waals surface area (Å²) >= 11 is 0. The number of nitrogens with zero attached hydrogens (tertiary/aromatic N) is 4. The normalized spacial score (nSPS) is 25.3. The predicted octanol–water partition coefficient (Wildman–Crippen LogP) is 0.503. The van der Waals surface area contributed by atoms with E-state index in [0.717, 1.165) is 18.7 Å². The van der Waals surface area contributed by atoms with Crippen molar-refractivity contribution in [1.82, 2.24) is 18.5 Å². The minimum atomic E-state index is -3.41. The summed E-state index contributed by atoms with van der Waals surface area (Å²) in [7, 11) is 1.55. The average molecular weight is 351 g/mol. The molecule has 2 atom stereocenters. The lowest BCUT2D eigenvalue weighted by Gasteiger charge is -2.21. The van der Waals surface area contributed by atoms with Crippen molar-refractivity contribution in [1.29, 1.82) is 5.26 Å². The second-order valence-electron chi connectivity index (χ2n) is 7.16. The largest absolute Gasteiger partial charge is 0.342 e. The first-order valence-corrected chi connectivity index (χ1v) is 9.71. The molecule has 2 heterocycles. The van der Waals surface area contributed by atoms with Crippen LogP contribution >= 0.6 is 0 Å². The zero-order chi connectivity index (χ0) is 17.5. The highest BCUT2D eigenvalue weighted by Crippen LogP contribution is 2.42. The first kappa shape index (κ1) is 17.4. The SMILES string of the molecule is CN(C)S(=O)(=O)N[C@H]1CN(Cc2cc(C#N)n(C)c2)C[C@@H]1C1CC1. The highest BCUT2D eigenvalue weighted by Gasteiger charge is 2.44. The van der Waals surface area contributed by atoms with Crippen LogP contribution in [0.3, 0.4) is 0 Å². The summed E-state index contributed by atoms with van der Waals surface area (Å²) in [6.07, 6.45) is 4.37. The number of aryl methyl sites for hydroxylation is 1. The van der Waals surface area contributed by atoms with E-state index in [2.05, 4.69) is 15.7 Å². The Balaban J connectivity index is 1.69. The number of rotatable bonds is 6. The highest BCUT2D eigenvalue weighted by atomic mass is 32.2. The number of aromatic nitrogens is 1. The molecular weight excluding hydrogens is 326 g/mol. The van der Waals surface area contributed by atoms with Gasteiger partial charge < -0.3 is 4.57 Å².